The molecule has 0 unspecified atom stereocenters. The number of hydrogen-bond acceptors (Lipinski definition) is 4. The summed E-state index contributed by atoms with van der Waals surface area (Å²) >= 11 is 3.45. The monoisotopic (exact) mass is 324 g/mol. The zero-order chi connectivity index (χ0) is 15.4. The van der Waals surface area contributed by atoms with E-state index >= 15 is 0 Å². The van der Waals surface area contributed by atoms with E-state index in [1.165, 1.54) is 14.6 Å². The Morgan fingerprint density at radius 2 is 1.45 bits per heavy atom. The lowest BCUT2D eigenvalue weighted by molar-refractivity contribution is 1.52. The van der Waals surface area contributed by atoms with Crippen LogP contribution in [-0.2, 0) is 0 Å². The van der Waals surface area contributed by atoms with Gasteiger partial charge in [-0.05, 0) is 55.8 Å². The summed E-state index contributed by atoms with van der Waals surface area (Å²) in [6.45, 7) is 4.19. The Balaban J connectivity index is 1.67. The molecule has 3 rings (SSSR count). The van der Waals surface area contributed by atoms with Gasteiger partial charge in [0.05, 0.1) is 5.69 Å². The molecule has 0 fully saturated rings. The molecule has 0 N–H and O–H groups in total. The summed E-state index contributed by atoms with van der Waals surface area (Å²) in [4.78, 5) is 12.7. The molecule has 0 aliphatic carbocycles. The number of aryl methyl sites for hydroxylation is 2. The minimum absolute atomic E-state index is 0.954. The molecule has 0 bridgehead atoms. The van der Waals surface area contributed by atoms with Gasteiger partial charge in [-0.2, -0.15) is 0 Å². The minimum atomic E-state index is 0.954. The highest BCUT2D eigenvalue weighted by atomic mass is 32.1. The summed E-state index contributed by atoms with van der Waals surface area (Å²) in [6.07, 6.45) is 3.80. The van der Waals surface area contributed by atoms with Crippen LogP contribution in [0.15, 0.2) is 58.5 Å². The normalized spacial score (nSPS) is 11.7. The zero-order valence-electron chi connectivity index (χ0n) is 12.5. The van der Waals surface area contributed by atoms with E-state index in [4.69, 9.17) is 0 Å². The Hall–Kier alpha value is -2.04. The van der Waals surface area contributed by atoms with Crippen LogP contribution >= 0.6 is 22.7 Å². The topological polar surface area (TPSA) is 24.7 Å². The van der Waals surface area contributed by atoms with E-state index in [1.807, 2.05) is 42.8 Å². The predicted molar refractivity (Wildman–Crippen MR) is 99.1 cm³/mol. The Morgan fingerprint density at radius 1 is 0.727 bits per heavy atom. The van der Waals surface area contributed by atoms with Crippen molar-refractivity contribution in [2.75, 3.05) is 0 Å². The van der Waals surface area contributed by atoms with Crippen LogP contribution < -0.4 is 0 Å². The minimum Gasteiger partial charge on any atom is -0.255 e. The van der Waals surface area contributed by atoms with E-state index < -0.39 is 0 Å². The second-order valence-corrected chi connectivity index (χ2v) is 7.53. The molecule has 0 atom stereocenters. The highest BCUT2D eigenvalue weighted by Gasteiger charge is 1.95. The van der Waals surface area contributed by atoms with Gasteiger partial charge in [-0.25, -0.2) is 4.99 Å². The van der Waals surface area contributed by atoms with E-state index in [-0.39, 0.29) is 0 Å². The molecular weight excluding hydrogens is 308 g/mol. The zero-order valence-corrected chi connectivity index (χ0v) is 14.1. The van der Waals surface area contributed by atoms with Crippen LogP contribution in [0.3, 0.4) is 0 Å². The van der Waals surface area contributed by atoms with Crippen molar-refractivity contribution < 1.29 is 0 Å². The molecule has 0 aliphatic heterocycles. The van der Waals surface area contributed by atoms with Gasteiger partial charge in [-0.3, -0.25) is 4.99 Å². The molecule has 0 saturated carbocycles. The maximum atomic E-state index is 4.50. The maximum absolute atomic E-state index is 4.50. The second-order valence-electron chi connectivity index (χ2n) is 4.94. The molecule has 110 valence electrons. The summed E-state index contributed by atoms with van der Waals surface area (Å²) in [7, 11) is 0. The molecule has 2 heterocycles. The third-order valence-corrected chi connectivity index (χ3v) is 4.91. The Morgan fingerprint density at radius 3 is 2.09 bits per heavy atom. The Kier molecular flexibility index (Phi) is 4.61. The fourth-order valence-corrected chi connectivity index (χ4v) is 3.39. The van der Waals surface area contributed by atoms with Crippen molar-refractivity contribution in [2.24, 2.45) is 9.98 Å². The molecule has 2 nitrogen and oxygen atoms in total. The summed E-state index contributed by atoms with van der Waals surface area (Å²) in [5, 5.41) is 1.03. The summed E-state index contributed by atoms with van der Waals surface area (Å²) in [6, 6.07) is 16.4. The van der Waals surface area contributed by atoms with Crippen molar-refractivity contribution in [3.05, 3.63) is 68.7 Å². The number of benzene rings is 1. The van der Waals surface area contributed by atoms with Crippen LogP contribution in [-0.4, -0.2) is 12.4 Å². The third-order valence-electron chi connectivity index (χ3n) is 3.06. The van der Waals surface area contributed by atoms with Crippen molar-refractivity contribution in [1.82, 2.24) is 0 Å². The first-order chi connectivity index (χ1) is 10.7. The first-order valence-corrected chi connectivity index (χ1v) is 8.63. The molecule has 4 heteroatoms. The molecule has 1 aromatic carbocycles. The molecular formula is C18H16N2S2. The smallest absolute Gasteiger partial charge is 0.116 e. The molecule has 0 aliphatic rings. The lowest BCUT2D eigenvalue weighted by atomic mass is 10.2. The maximum Gasteiger partial charge on any atom is 0.116 e. The van der Waals surface area contributed by atoms with Crippen LogP contribution in [0.2, 0.25) is 0 Å². The number of thiophene rings is 2. The van der Waals surface area contributed by atoms with Crippen LogP contribution in [0.1, 0.15) is 20.2 Å². The lowest BCUT2D eigenvalue weighted by Gasteiger charge is -1.95. The SMILES string of the molecule is Cc1ccc(C=Nc2ccc(C=Nc3ccc(C)s3)cc2)s1. The molecule has 2 aromatic heterocycles. The van der Waals surface area contributed by atoms with Crippen molar-refractivity contribution in [3.8, 4) is 0 Å². The Bertz CT molecular complexity index is 738. The van der Waals surface area contributed by atoms with Gasteiger partial charge in [-0.15, -0.1) is 22.7 Å². The highest BCUT2D eigenvalue weighted by molar-refractivity contribution is 7.15. The lowest BCUT2D eigenvalue weighted by Crippen LogP contribution is -1.78. The summed E-state index contributed by atoms with van der Waals surface area (Å²) < 4.78 is 0. The Labute approximate surface area is 138 Å². The van der Waals surface area contributed by atoms with Gasteiger partial charge < -0.3 is 0 Å². The van der Waals surface area contributed by atoms with Crippen molar-refractivity contribution in [1.29, 1.82) is 0 Å². The predicted octanol–water partition coefficient (Wildman–Crippen LogP) is 5.93. The number of rotatable bonds is 4. The molecule has 3 aromatic rings. The first kappa shape index (κ1) is 14.9. The van der Waals surface area contributed by atoms with Gasteiger partial charge in [-0.1, -0.05) is 12.1 Å². The van der Waals surface area contributed by atoms with Crippen LogP contribution in [0.25, 0.3) is 0 Å². The van der Waals surface area contributed by atoms with Gasteiger partial charge in [0.2, 0.25) is 0 Å². The quantitative estimate of drug-likeness (QED) is 0.532. The van der Waals surface area contributed by atoms with E-state index in [0.29, 0.717) is 0 Å². The van der Waals surface area contributed by atoms with Gasteiger partial charge in [0.15, 0.2) is 0 Å². The van der Waals surface area contributed by atoms with E-state index in [2.05, 4.69) is 42.0 Å². The van der Waals surface area contributed by atoms with Gasteiger partial charge >= 0.3 is 0 Å². The fourth-order valence-electron chi connectivity index (χ4n) is 1.94. The summed E-state index contributed by atoms with van der Waals surface area (Å²) in [5.74, 6) is 0. The molecule has 22 heavy (non-hydrogen) atoms. The van der Waals surface area contributed by atoms with Gasteiger partial charge in [0, 0.05) is 27.1 Å². The van der Waals surface area contributed by atoms with Gasteiger partial charge in [0.1, 0.15) is 5.00 Å². The number of aliphatic imine (C=N–C) groups is 2. The average Bonchev–Trinajstić information content (AvgIpc) is 3.12. The fraction of sp³-hybridized carbons (Fsp3) is 0.111. The van der Waals surface area contributed by atoms with Crippen molar-refractivity contribution in [3.63, 3.8) is 0 Å². The second kappa shape index (κ2) is 6.81. The van der Waals surface area contributed by atoms with E-state index in [1.54, 1.807) is 22.7 Å². The molecule has 0 radical (unpaired) electrons. The van der Waals surface area contributed by atoms with Crippen molar-refractivity contribution in [2.45, 2.75) is 13.8 Å². The average molecular weight is 324 g/mol. The van der Waals surface area contributed by atoms with E-state index in [9.17, 15) is 0 Å². The number of nitrogens with zero attached hydrogens (tertiary/aromatic N) is 2. The van der Waals surface area contributed by atoms with Crippen LogP contribution in [0, 0.1) is 13.8 Å². The van der Waals surface area contributed by atoms with Crippen LogP contribution in [0.4, 0.5) is 10.7 Å². The standard InChI is InChI=1S/C18H16N2S2/c1-13-3-9-17(21-13)12-19-16-7-5-15(6-8-16)11-20-18-10-4-14(2)22-18/h3-12H,1-2H3. The first-order valence-electron chi connectivity index (χ1n) is 7.00. The molecule has 0 saturated heterocycles. The van der Waals surface area contributed by atoms with Crippen LogP contribution in [0.5, 0.6) is 0 Å². The third kappa shape index (κ3) is 4.00. The van der Waals surface area contributed by atoms with E-state index in [0.717, 1.165) is 16.3 Å². The van der Waals surface area contributed by atoms with Gasteiger partial charge in [0.25, 0.3) is 0 Å². The summed E-state index contributed by atoms with van der Waals surface area (Å²) in [5.41, 5.74) is 2.03. The van der Waals surface area contributed by atoms with Crippen molar-refractivity contribution >= 4 is 45.8 Å². The highest BCUT2D eigenvalue weighted by Crippen LogP contribution is 2.24. The molecule has 0 amide bonds. The largest absolute Gasteiger partial charge is 0.255 e. The number of hydrogen-bond donors (Lipinski definition) is 0. The molecule has 0 spiro atoms.